The van der Waals surface area contributed by atoms with Crippen molar-refractivity contribution in [1.29, 1.82) is 0 Å². The van der Waals surface area contributed by atoms with Gasteiger partial charge in [-0.2, -0.15) is 0 Å². The molecule has 21 nitrogen and oxygen atoms in total. The monoisotopic (exact) mass is 670 g/mol. The number of nitrogens with one attached hydrogen (secondary N) is 1. The van der Waals surface area contributed by atoms with Crippen LogP contribution in [0.25, 0.3) is 0 Å². The largest absolute Gasteiger partial charge is 0.394 e. The van der Waals surface area contributed by atoms with Crippen LogP contribution in [0.3, 0.4) is 0 Å². The van der Waals surface area contributed by atoms with E-state index in [0.29, 0.717) is 5.69 Å². The van der Waals surface area contributed by atoms with Crippen molar-refractivity contribution in [2.45, 2.75) is 117 Å². The van der Waals surface area contributed by atoms with E-state index >= 15 is 0 Å². The van der Waals surface area contributed by atoms with Crippen molar-refractivity contribution < 1.29 is 85.0 Å². The van der Waals surface area contributed by atoms with Gasteiger partial charge >= 0.3 is 0 Å². The summed E-state index contributed by atoms with van der Waals surface area (Å²) in [6.07, 6.45) is -25.9. The highest BCUT2D eigenvalue weighted by Crippen LogP contribution is 2.34. The van der Waals surface area contributed by atoms with Crippen molar-refractivity contribution in [1.82, 2.24) is 20.3 Å². The molecule has 9 unspecified atom stereocenters. The fraction of sp³-hybridized carbons (Fsp3) is 0.920. The highest BCUT2D eigenvalue weighted by Gasteiger charge is 2.54. The van der Waals surface area contributed by atoms with Crippen LogP contribution in [0, 0.1) is 0 Å². The molecule has 0 radical (unpaired) electrons. The first kappa shape index (κ1) is 35.7. The van der Waals surface area contributed by atoms with E-state index in [-0.39, 0.29) is 13.0 Å². The Morgan fingerprint density at radius 2 is 1.22 bits per heavy atom. The summed E-state index contributed by atoms with van der Waals surface area (Å²) < 4.78 is 28.9. The van der Waals surface area contributed by atoms with E-state index in [1.165, 1.54) is 6.20 Å². The van der Waals surface area contributed by atoms with Crippen molar-refractivity contribution in [2.75, 3.05) is 26.4 Å². The number of hydrogen-bond donors (Lipinski definition) is 13. The summed E-state index contributed by atoms with van der Waals surface area (Å²) in [4.78, 5) is 0. The molecule has 18 atom stereocenters. The lowest BCUT2D eigenvalue weighted by molar-refractivity contribution is -0.376. The first-order valence-electron chi connectivity index (χ1n) is 14.8. The average molecular weight is 671 g/mol. The zero-order valence-electron chi connectivity index (χ0n) is 24.3. The van der Waals surface area contributed by atoms with Gasteiger partial charge in [-0.3, -0.25) is 0 Å². The van der Waals surface area contributed by atoms with Gasteiger partial charge in [0.1, 0.15) is 73.2 Å². The van der Waals surface area contributed by atoms with Crippen LogP contribution >= 0.6 is 0 Å². The van der Waals surface area contributed by atoms with Gasteiger partial charge < -0.3 is 90.3 Å². The van der Waals surface area contributed by atoms with Crippen LogP contribution in [0.1, 0.15) is 11.9 Å². The summed E-state index contributed by atoms with van der Waals surface area (Å²) in [5, 5.41) is 135. The summed E-state index contributed by atoms with van der Waals surface area (Å²) >= 11 is 0. The number of aliphatic hydroxyl groups is 12. The number of aromatic nitrogens is 3. The summed E-state index contributed by atoms with van der Waals surface area (Å²) in [5.41, 5.74) is 0.338. The number of β-amino-alcohol motifs (C(OH)–C–C–N with tert-alkyl or cyclic N) is 1. The average Bonchev–Trinajstić information content (AvgIpc) is 3.64. The normalized spacial score (nSPS) is 48.5. The number of nitrogens with zero attached hydrogens (tertiary/aromatic N) is 3. The molecule has 1 aromatic rings. The Kier molecular flexibility index (Phi) is 11.6. The predicted molar refractivity (Wildman–Crippen MR) is 142 cm³/mol. The van der Waals surface area contributed by atoms with Crippen molar-refractivity contribution in [3.8, 4) is 0 Å². The lowest BCUT2D eigenvalue weighted by atomic mass is 9.95. The maximum atomic E-state index is 11.2. The summed E-state index contributed by atoms with van der Waals surface area (Å²) in [6, 6.07) is -0.529. The minimum atomic E-state index is -1.96. The Labute approximate surface area is 260 Å². The molecule has 0 bridgehead atoms. The molecular weight excluding hydrogens is 628 g/mol. The van der Waals surface area contributed by atoms with Crippen LogP contribution in [-0.4, -0.2) is 207 Å². The maximum Gasteiger partial charge on any atom is 0.187 e. The zero-order chi connectivity index (χ0) is 33.4. The molecule has 4 aliphatic rings. The van der Waals surface area contributed by atoms with E-state index in [4.69, 9.17) is 23.7 Å². The predicted octanol–water partition coefficient (Wildman–Crippen LogP) is -8.87. The molecule has 5 rings (SSSR count). The van der Waals surface area contributed by atoms with Crippen molar-refractivity contribution >= 4 is 0 Å². The Morgan fingerprint density at radius 1 is 0.674 bits per heavy atom. The Morgan fingerprint density at radius 3 is 1.78 bits per heavy atom. The van der Waals surface area contributed by atoms with Crippen LogP contribution < -0.4 is 5.32 Å². The second-order valence-electron chi connectivity index (χ2n) is 11.8. The molecule has 0 aliphatic carbocycles. The number of hydrogen-bond acceptors (Lipinski definition) is 20. The summed E-state index contributed by atoms with van der Waals surface area (Å²) in [5.74, 6) is 0. The van der Waals surface area contributed by atoms with E-state index in [2.05, 4.69) is 15.6 Å². The fourth-order valence-corrected chi connectivity index (χ4v) is 5.99. The van der Waals surface area contributed by atoms with Gasteiger partial charge in [-0.05, 0) is 0 Å². The standard InChI is InChI=1S/C25H42N4O17/c30-4-10-14(35)17(38)18(39)24(43-10)46-22-16(37)12(6-32)44-25(20(22)41)45-21-15(36)11(5-31)42-23(19(21)40)29-3-7(27-28-29)1-8-13(34)9(33)2-26-8/h3,8-26,30-41H,1-2,4-6H2/t8-,9+,10?,11?,12?,13-,14+,15+,16+,17?,18?,19?,20?,21?,22?,23+,24-,25-/m0/s1. The Balaban J connectivity index is 1.32. The molecule has 13 N–H and O–H groups in total. The third-order valence-electron chi connectivity index (χ3n) is 8.74. The highest BCUT2D eigenvalue weighted by molar-refractivity contribution is 5.04. The summed E-state index contributed by atoms with van der Waals surface area (Å²) in [7, 11) is 0. The van der Waals surface area contributed by atoms with Crippen LogP contribution in [-0.2, 0) is 30.1 Å². The second-order valence-corrected chi connectivity index (χ2v) is 11.8. The van der Waals surface area contributed by atoms with Crippen molar-refractivity contribution in [3.63, 3.8) is 0 Å². The van der Waals surface area contributed by atoms with Gasteiger partial charge in [0.15, 0.2) is 18.8 Å². The lowest BCUT2D eigenvalue weighted by Crippen LogP contribution is -2.66. The molecule has 46 heavy (non-hydrogen) atoms. The maximum absolute atomic E-state index is 11.2. The molecule has 0 saturated carbocycles. The number of ether oxygens (including phenoxy) is 5. The zero-order valence-corrected chi connectivity index (χ0v) is 24.3. The van der Waals surface area contributed by atoms with Gasteiger partial charge in [0.05, 0.1) is 43.9 Å². The summed E-state index contributed by atoms with van der Waals surface area (Å²) in [6.45, 7) is -2.20. The van der Waals surface area contributed by atoms with Crippen molar-refractivity contribution in [2.24, 2.45) is 0 Å². The van der Waals surface area contributed by atoms with Crippen LogP contribution in [0.5, 0.6) is 0 Å². The molecule has 4 aliphatic heterocycles. The smallest absolute Gasteiger partial charge is 0.187 e. The molecule has 0 amide bonds. The third-order valence-corrected chi connectivity index (χ3v) is 8.74. The van der Waals surface area contributed by atoms with Crippen LogP contribution in [0.4, 0.5) is 0 Å². The highest BCUT2D eigenvalue weighted by atomic mass is 16.7. The SMILES string of the molecule is OCC1O[C@@H](OC2C(O)[C@H](OC3C(O)[C@H](n4cc(C[C@@H]5NC[C@@H](O)[C@H]5O)nn4)OC(CO)[C@H]3O)OC(CO)[C@H]2O)C(O)C(O)[C@@H]1O. The van der Waals surface area contributed by atoms with E-state index in [0.717, 1.165) is 4.68 Å². The van der Waals surface area contributed by atoms with Gasteiger partial charge in [-0.25, -0.2) is 4.68 Å². The second kappa shape index (κ2) is 14.9. The minimum absolute atomic E-state index is 0.149. The number of rotatable bonds is 10. The van der Waals surface area contributed by atoms with Gasteiger partial charge in [-0.15, -0.1) is 5.10 Å². The third kappa shape index (κ3) is 6.94. The number of aliphatic hydroxyl groups excluding tert-OH is 12. The minimum Gasteiger partial charge on any atom is -0.394 e. The Bertz CT molecular complexity index is 1120. The molecule has 4 fully saturated rings. The molecule has 5 heterocycles. The van der Waals surface area contributed by atoms with E-state index < -0.39 is 130 Å². The molecule has 4 saturated heterocycles. The first-order valence-corrected chi connectivity index (χ1v) is 14.8. The van der Waals surface area contributed by atoms with Gasteiger partial charge in [0, 0.05) is 19.0 Å². The van der Waals surface area contributed by atoms with Gasteiger partial charge in [0.2, 0.25) is 0 Å². The van der Waals surface area contributed by atoms with E-state index in [1.807, 2.05) is 0 Å². The molecule has 0 aromatic carbocycles. The molecule has 0 spiro atoms. The van der Waals surface area contributed by atoms with Crippen LogP contribution in [0.2, 0.25) is 0 Å². The Hall–Kier alpha value is -1.58. The van der Waals surface area contributed by atoms with E-state index in [1.54, 1.807) is 0 Å². The van der Waals surface area contributed by atoms with Crippen molar-refractivity contribution in [3.05, 3.63) is 11.9 Å². The first-order chi connectivity index (χ1) is 21.9. The molecule has 264 valence electrons. The van der Waals surface area contributed by atoms with E-state index in [9.17, 15) is 61.3 Å². The fourth-order valence-electron chi connectivity index (χ4n) is 5.99. The lowest BCUT2D eigenvalue weighted by Gasteiger charge is -2.48. The molecule has 1 aromatic heterocycles. The molecular formula is C25H42N4O17. The topological polar surface area (TPSA) is 332 Å². The van der Waals surface area contributed by atoms with Gasteiger partial charge in [0.25, 0.3) is 0 Å². The van der Waals surface area contributed by atoms with Gasteiger partial charge in [-0.1, -0.05) is 5.21 Å². The molecule has 21 heteroatoms. The van der Waals surface area contributed by atoms with Crippen LogP contribution in [0.15, 0.2) is 6.20 Å². The quantitative estimate of drug-likeness (QED) is 0.110.